The van der Waals surface area contributed by atoms with Gasteiger partial charge in [0.1, 0.15) is 0 Å². The Bertz CT molecular complexity index is 920. The van der Waals surface area contributed by atoms with Crippen molar-refractivity contribution in [3.05, 3.63) is 65.5 Å². The second-order valence-electron chi connectivity index (χ2n) is 5.87. The van der Waals surface area contributed by atoms with Crippen LogP contribution in [0.1, 0.15) is 23.1 Å². The summed E-state index contributed by atoms with van der Waals surface area (Å²) in [6.07, 6.45) is 0.198. The summed E-state index contributed by atoms with van der Waals surface area (Å²) in [6.45, 7) is 2.26. The molecule has 0 aliphatic carbocycles. The summed E-state index contributed by atoms with van der Waals surface area (Å²) >= 11 is 0. The molecule has 2 heterocycles. The number of anilines is 1. The average Bonchev–Trinajstić information content (AvgIpc) is 3.08. The lowest BCUT2D eigenvalue weighted by Crippen LogP contribution is -2.28. The smallest absolute Gasteiger partial charge is 0.258 e. The molecule has 3 aromatic rings. The standard InChI is InChI=1S/C19H17N3O3/c1-12-20-18(22-25-12)15-8-4-5-9-16(15)21-19(23)17-14-7-3-2-6-13(14)10-11-24-17/h2-9,17H,10-11H2,1H3,(H,21,23)/t17-/m1/s1. The molecular formula is C19H17N3O3. The van der Waals surface area contributed by atoms with Gasteiger partial charge in [0.15, 0.2) is 6.10 Å². The van der Waals surface area contributed by atoms with Crippen molar-refractivity contribution in [2.75, 3.05) is 11.9 Å². The van der Waals surface area contributed by atoms with Gasteiger partial charge in [0.2, 0.25) is 11.7 Å². The lowest BCUT2D eigenvalue weighted by atomic mass is 9.97. The Kier molecular flexibility index (Phi) is 4.03. The molecule has 0 saturated heterocycles. The number of hydrogen-bond acceptors (Lipinski definition) is 5. The first-order valence-electron chi connectivity index (χ1n) is 8.12. The van der Waals surface area contributed by atoms with Crippen LogP contribution in [-0.2, 0) is 16.0 Å². The molecule has 6 nitrogen and oxygen atoms in total. The van der Waals surface area contributed by atoms with Crippen LogP contribution in [0.25, 0.3) is 11.4 Å². The monoisotopic (exact) mass is 335 g/mol. The van der Waals surface area contributed by atoms with Gasteiger partial charge in [-0.15, -0.1) is 0 Å². The SMILES string of the molecule is Cc1nc(-c2ccccc2NC(=O)[C@@H]2OCCc3ccccc32)no1. The maximum Gasteiger partial charge on any atom is 0.258 e. The third-order valence-corrected chi connectivity index (χ3v) is 4.19. The number of hydrogen-bond donors (Lipinski definition) is 1. The summed E-state index contributed by atoms with van der Waals surface area (Å²) in [5.74, 6) is 0.707. The van der Waals surface area contributed by atoms with Gasteiger partial charge in [0, 0.05) is 12.5 Å². The number of nitrogens with one attached hydrogen (secondary N) is 1. The van der Waals surface area contributed by atoms with Crippen molar-refractivity contribution in [2.24, 2.45) is 0 Å². The molecule has 25 heavy (non-hydrogen) atoms. The van der Waals surface area contributed by atoms with Crippen LogP contribution in [0.2, 0.25) is 0 Å². The quantitative estimate of drug-likeness (QED) is 0.794. The average molecular weight is 335 g/mol. The zero-order valence-corrected chi connectivity index (χ0v) is 13.7. The van der Waals surface area contributed by atoms with Gasteiger partial charge in [-0.3, -0.25) is 4.79 Å². The van der Waals surface area contributed by atoms with Crippen LogP contribution in [0.3, 0.4) is 0 Å². The Morgan fingerprint density at radius 1 is 1.16 bits per heavy atom. The predicted molar refractivity (Wildman–Crippen MR) is 91.9 cm³/mol. The molecule has 0 fully saturated rings. The third kappa shape index (κ3) is 3.04. The first kappa shape index (κ1) is 15.5. The van der Waals surface area contributed by atoms with Crippen molar-refractivity contribution >= 4 is 11.6 Å². The Morgan fingerprint density at radius 2 is 1.96 bits per heavy atom. The summed E-state index contributed by atoms with van der Waals surface area (Å²) in [4.78, 5) is 17.1. The van der Waals surface area contributed by atoms with Crippen molar-refractivity contribution in [1.82, 2.24) is 10.1 Å². The van der Waals surface area contributed by atoms with Gasteiger partial charge in [-0.25, -0.2) is 0 Å². The second-order valence-corrected chi connectivity index (χ2v) is 5.87. The molecule has 0 unspecified atom stereocenters. The zero-order chi connectivity index (χ0) is 17.2. The Labute approximate surface area is 144 Å². The van der Waals surface area contributed by atoms with Crippen LogP contribution in [0.4, 0.5) is 5.69 Å². The van der Waals surface area contributed by atoms with Crippen molar-refractivity contribution in [3.63, 3.8) is 0 Å². The van der Waals surface area contributed by atoms with Gasteiger partial charge in [0.05, 0.1) is 12.3 Å². The van der Waals surface area contributed by atoms with E-state index in [1.165, 1.54) is 0 Å². The maximum absolute atomic E-state index is 12.8. The highest BCUT2D eigenvalue weighted by molar-refractivity contribution is 5.98. The maximum atomic E-state index is 12.8. The van der Waals surface area contributed by atoms with E-state index in [0.29, 0.717) is 29.6 Å². The predicted octanol–water partition coefficient (Wildman–Crippen LogP) is 3.30. The number of para-hydroxylation sites is 1. The van der Waals surface area contributed by atoms with Gasteiger partial charge >= 0.3 is 0 Å². The topological polar surface area (TPSA) is 77.2 Å². The fraction of sp³-hybridized carbons (Fsp3) is 0.211. The van der Waals surface area contributed by atoms with Gasteiger partial charge in [-0.1, -0.05) is 41.6 Å². The number of aromatic nitrogens is 2. The number of fused-ring (bicyclic) bond motifs is 1. The molecule has 0 bridgehead atoms. The summed E-state index contributed by atoms with van der Waals surface area (Å²) in [5.41, 5.74) is 3.40. The zero-order valence-electron chi connectivity index (χ0n) is 13.7. The summed E-state index contributed by atoms with van der Waals surface area (Å²) in [7, 11) is 0. The molecule has 2 aromatic carbocycles. The molecule has 126 valence electrons. The number of carbonyl (C=O) groups excluding carboxylic acids is 1. The molecule has 6 heteroatoms. The molecular weight excluding hydrogens is 318 g/mol. The normalized spacial score (nSPS) is 16.3. The molecule has 0 radical (unpaired) electrons. The second kappa shape index (κ2) is 6.49. The van der Waals surface area contributed by atoms with Crippen LogP contribution in [0.5, 0.6) is 0 Å². The number of aryl methyl sites for hydroxylation is 1. The number of nitrogens with zero attached hydrogens (tertiary/aromatic N) is 2. The number of carbonyl (C=O) groups is 1. The van der Waals surface area contributed by atoms with E-state index in [1.54, 1.807) is 6.92 Å². The highest BCUT2D eigenvalue weighted by atomic mass is 16.5. The molecule has 0 spiro atoms. The Hall–Kier alpha value is -2.99. The van der Waals surface area contributed by atoms with Crippen LogP contribution in [0, 0.1) is 6.92 Å². The molecule has 1 aliphatic rings. The van der Waals surface area contributed by atoms with E-state index in [9.17, 15) is 4.79 Å². The fourth-order valence-electron chi connectivity index (χ4n) is 3.01. The minimum Gasteiger partial charge on any atom is -0.363 e. The number of amides is 1. The van der Waals surface area contributed by atoms with E-state index < -0.39 is 6.10 Å². The Morgan fingerprint density at radius 3 is 2.80 bits per heavy atom. The molecule has 1 amide bonds. The molecule has 1 aromatic heterocycles. The third-order valence-electron chi connectivity index (χ3n) is 4.19. The van der Waals surface area contributed by atoms with Crippen LogP contribution >= 0.6 is 0 Å². The highest BCUT2D eigenvalue weighted by Crippen LogP contribution is 2.30. The van der Waals surface area contributed by atoms with E-state index in [-0.39, 0.29) is 5.91 Å². The lowest BCUT2D eigenvalue weighted by Gasteiger charge is -2.25. The van der Waals surface area contributed by atoms with Crippen LogP contribution < -0.4 is 5.32 Å². The largest absolute Gasteiger partial charge is 0.363 e. The number of rotatable bonds is 3. The van der Waals surface area contributed by atoms with Gasteiger partial charge in [0.25, 0.3) is 5.91 Å². The number of benzene rings is 2. The first-order chi connectivity index (χ1) is 12.2. The van der Waals surface area contributed by atoms with E-state index in [0.717, 1.165) is 17.5 Å². The van der Waals surface area contributed by atoms with E-state index in [1.807, 2.05) is 48.5 Å². The minimum atomic E-state index is -0.620. The molecule has 1 N–H and O–H groups in total. The summed E-state index contributed by atoms with van der Waals surface area (Å²) in [6, 6.07) is 15.2. The van der Waals surface area contributed by atoms with Crippen molar-refractivity contribution in [1.29, 1.82) is 0 Å². The first-order valence-corrected chi connectivity index (χ1v) is 8.12. The fourth-order valence-corrected chi connectivity index (χ4v) is 3.01. The van der Waals surface area contributed by atoms with Crippen LogP contribution in [0.15, 0.2) is 53.1 Å². The van der Waals surface area contributed by atoms with E-state index >= 15 is 0 Å². The van der Waals surface area contributed by atoms with Crippen molar-refractivity contribution < 1.29 is 14.1 Å². The van der Waals surface area contributed by atoms with E-state index in [4.69, 9.17) is 9.26 Å². The lowest BCUT2D eigenvalue weighted by molar-refractivity contribution is -0.128. The minimum absolute atomic E-state index is 0.209. The molecule has 4 rings (SSSR count). The van der Waals surface area contributed by atoms with Gasteiger partial charge in [-0.05, 0) is 29.7 Å². The van der Waals surface area contributed by atoms with Crippen molar-refractivity contribution in [2.45, 2.75) is 19.4 Å². The summed E-state index contributed by atoms with van der Waals surface area (Å²) < 4.78 is 10.8. The Balaban J connectivity index is 1.63. The molecule has 1 atom stereocenters. The molecule has 0 saturated carbocycles. The summed E-state index contributed by atoms with van der Waals surface area (Å²) in [5, 5.41) is 6.88. The van der Waals surface area contributed by atoms with Gasteiger partial charge in [-0.2, -0.15) is 4.98 Å². The highest BCUT2D eigenvalue weighted by Gasteiger charge is 2.27. The van der Waals surface area contributed by atoms with Gasteiger partial charge < -0.3 is 14.6 Å². The van der Waals surface area contributed by atoms with E-state index in [2.05, 4.69) is 15.5 Å². The van der Waals surface area contributed by atoms with Crippen LogP contribution in [-0.4, -0.2) is 22.7 Å². The number of ether oxygens (including phenoxy) is 1. The molecule has 1 aliphatic heterocycles. The van der Waals surface area contributed by atoms with Crippen molar-refractivity contribution in [3.8, 4) is 11.4 Å².